The average Bonchev–Trinajstić information content (AvgIpc) is 3.15. The van der Waals surface area contributed by atoms with Gasteiger partial charge in [0, 0.05) is 30.6 Å². The van der Waals surface area contributed by atoms with Gasteiger partial charge in [-0.05, 0) is 99.0 Å². The molecule has 12 nitrogen and oxygen atoms in total. The number of carbonyl (C=O) groups is 2. The number of benzene rings is 3. The molecule has 5 unspecified atom stereocenters. The van der Waals surface area contributed by atoms with Crippen LogP contribution >= 0.6 is 0 Å². The predicted molar refractivity (Wildman–Crippen MR) is 196 cm³/mol. The van der Waals surface area contributed by atoms with E-state index in [0.29, 0.717) is 35.5 Å². The number of aliphatic hydroxyl groups is 1. The summed E-state index contributed by atoms with van der Waals surface area (Å²) in [7, 11) is 0. The molecule has 1 amide bonds. The molecule has 3 aromatic carbocycles. The molecule has 0 aliphatic carbocycles. The van der Waals surface area contributed by atoms with Gasteiger partial charge in [-0.2, -0.15) is 0 Å². The Morgan fingerprint density at radius 1 is 0.962 bits per heavy atom. The second kappa shape index (κ2) is 17.1. The van der Waals surface area contributed by atoms with Crippen molar-refractivity contribution in [3.05, 3.63) is 106 Å². The molecule has 4 heterocycles. The lowest BCUT2D eigenvalue weighted by atomic mass is 9.86. The summed E-state index contributed by atoms with van der Waals surface area (Å²) in [5.74, 6) is -0.337. The molecule has 3 aliphatic rings. The smallest absolute Gasteiger partial charge is 0.408 e. The fourth-order valence-electron chi connectivity index (χ4n) is 7.36. The normalized spacial score (nSPS) is 20.5. The standard InChI is InChI=1S/C40H48N4O8/c1-25(41-23-33(46)30-14-16-32(45)38-31(30)15-17-36(47)42-38)8-5-6-13-34(39(48)49)51-29-12-7-11-28(22-29)37(27-9-3-2-4-10-27)43-40(50)52-35-24-44-20-18-26(35)19-21-44/h2-4,7,9-12,14-17,22,25-26,33-35,37,41,45-46H,5-6,8,13,18-21,23-24H2,1H3,(H,42,47)(H,43,50)(H,48,49). The molecule has 2 bridgehead atoms. The third-order valence-electron chi connectivity index (χ3n) is 10.3. The summed E-state index contributed by atoms with van der Waals surface area (Å²) in [6.45, 7) is 5.12. The Labute approximate surface area is 302 Å². The number of aromatic hydroxyl groups is 1. The lowest BCUT2D eigenvalue weighted by Crippen LogP contribution is -2.52. The van der Waals surface area contributed by atoms with E-state index in [1.807, 2.05) is 43.3 Å². The van der Waals surface area contributed by atoms with Gasteiger partial charge in [-0.25, -0.2) is 9.59 Å². The Balaban J connectivity index is 1.01. The van der Waals surface area contributed by atoms with Gasteiger partial charge < -0.3 is 40.4 Å². The van der Waals surface area contributed by atoms with Crippen molar-refractivity contribution < 1.29 is 34.4 Å². The van der Waals surface area contributed by atoms with Crippen LogP contribution in [0.15, 0.2) is 83.7 Å². The first kappa shape index (κ1) is 36.9. The van der Waals surface area contributed by atoms with Gasteiger partial charge in [-0.15, -0.1) is 0 Å². The highest BCUT2D eigenvalue weighted by Crippen LogP contribution is 2.32. The number of nitrogens with one attached hydrogen (secondary N) is 3. The van der Waals surface area contributed by atoms with Gasteiger partial charge in [0.15, 0.2) is 6.10 Å². The molecule has 0 spiro atoms. The molecule has 6 N–H and O–H groups in total. The zero-order valence-corrected chi connectivity index (χ0v) is 29.4. The van der Waals surface area contributed by atoms with Crippen molar-refractivity contribution in [2.24, 2.45) is 5.92 Å². The Morgan fingerprint density at radius 2 is 1.71 bits per heavy atom. The number of phenols is 1. The van der Waals surface area contributed by atoms with Crippen molar-refractivity contribution in [3.8, 4) is 11.5 Å². The van der Waals surface area contributed by atoms with E-state index in [4.69, 9.17) is 9.47 Å². The van der Waals surface area contributed by atoms with E-state index in [0.717, 1.165) is 56.4 Å². The van der Waals surface area contributed by atoms with E-state index in [2.05, 4.69) is 20.5 Å². The van der Waals surface area contributed by atoms with E-state index < -0.39 is 30.3 Å². The molecule has 3 aliphatic heterocycles. The molecular formula is C40H48N4O8. The molecule has 7 rings (SSSR count). The zero-order valence-electron chi connectivity index (χ0n) is 29.4. The monoisotopic (exact) mass is 712 g/mol. The van der Waals surface area contributed by atoms with Crippen LogP contribution in [0.4, 0.5) is 4.79 Å². The van der Waals surface area contributed by atoms with Crippen LogP contribution < -0.4 is 20.9 Å². The quantitative estimate of drug-likeness (QED) is 0.0843. The molecule has 1 aromatic heterocycles. The third kappa shape index (κ3) is 9.30. The number of pyridine rings is 1. The first-order chi connectivity index (χ1) is 25.1. The number of carboxylic acid groups (broad SMARTS) is 1. The maximum atomic E-state index is 13.2. The summed E-state index contributed by atoms with van der Waals surface area (Å²) in [6.07, 6.45) is 1.94. The molecular weight excluding hydrogens is 664 g/mol. The van der Waals surface area contributed by atoms with E-state index in [1.54, 1.807) is 30.3 Å². The minimum absolute atomic E-state index is 0.0404. The fourth-order valence-corrected chi connectivity index (χ4v) is 7.36. The SMILES string of the molecule is CC(CCCCC(Oc1cccc(C(NC(=O)OC2CN3CCC2CC3)c2ccccc2)c1)C(=O)O)NCC(O)c1ccc(O)c2[nH]c(=O)ccc12. The van der Waals surface area contributed by atoms with Crippen molar-refractivity contribution in [1.29, 1.82) is 0 Å². The zero-order chi connectivity index (χ0) is 36.6. The number of aromatic nitrogens is 1. The number of fused-ring (bicyclic) bond motifs is 4. The summed E-state index contributed by atoms with van der Waals surface area (Å²) in [5.41, 5.74) is 2.14. The second-order valence-electron chi connectivity index (χ2n) is 14.0. The predicted octanol–water partition coefficient (Wildman–Crippen LogP) is 5.25. The maximum absolute atomic E-state index is 13.2. The number of amides is 1. The molecule has 3 saturated heterocycles. The fraction of sp³-hybridized carbons (Fsp3) is 0.425. The highest BCUT2D eigenvalue weighted by atomic mass is 16.6. The number of carboxylic acids is 1. The molecule has 0 saturated carbocycles. The molecule has 276 valence electrons. The van der Waals surface area contributed by atoms with Gasteiger partial charge in [-0.3, -0.25) is 9.69 Å². The Bertz CT molecular complexity index is 1880. The number of unbranched alkanes of at least 4 members (excludes halogenated alkanes) is 1. The number of hydrogen-bond acceptors (Lipinski definition) is 9. The highest BCUT2D eigenvalue weighted by Gasteiger charge is 2.37. The molecule has 5 atom stereocenters. The number of aromatic amines is 1. The number of H-pyrrole nitrogens is 1. The van der Waals surface area contributed by atoms with E-state index in [9.17, 15) is 29.7 Å². The van der Waals surface area contributed by atoms with Gasteiger partial charge >= 0.3 is 12.1 Å². The number of carbonyl (C=O) groups excluding carboxylic acids is 1. The Morgan fingerprint density at radius 3 is 2.44 bits per heavy atom. The van der Waals surface area contributed by atoms with Gasteiger partial charge in [0.1, 0.15) is 17.6 Å². The van der Waals surface area contributed by atoms with Crippen LogP contribution in [0.1, 0.15) is 74.3 Å². The van der Waals surface area contributed by atoms with Crippen molar-refractivity contribution >= 4 is 23.0 Å². The largest absolute Gasteiger partial charge is 0.506 e. The van der Waals surface area contributed by atoms with Crippen LogP contribution in [0.25, 0.3) is 10.9 Å². The number of aliphatic hydroxyl groups excluding tert-OH is 1. The van der Waals surface area contributed by atoms with Crippen LogP contribution in [0.2, 0.25) is 0 Å². The van der Waals surface area contributed by atoms with Crippen LogP contribution in [-0.4, -0.2) is 81.7 Å². The summed E-state index contributed by atoms with van der Waals surface area (Å²) < 4.78 is 11.9. The van der Waals surface area contributed by atoms with Crippen LogP contribution in [0.5, 0.6) is 11.5 Å². The average molecular weight is 713 g/mol. The summed E-state index contributed by atoms with van der Waals surface area (Å²) in [5, 5.41) is 38.0. The Hall–Kier alpha value is -4.91. The molecule has 3 fully saturated rings. The van der Waals surface area contributed by atoms with Crippen LogP contribution in [0, 0.1) is 5.92 Å². The minimum Gasteiger partial charge on any atom is -0.506 e. The van der Waals surface area contributed by atoms with Crippen molar-refractivity contribution in [2.75, 3.05) is 26.2 Å². The minimum atomic E-state index is -1.06. The van der Waals surface area contributed by atoms with Gasteiger partial charge in [0.25, 0.3) is 0 Å². The van der Waals surface area contributed by atoms with Crippen LogP contribution in [0.3, 0.4) is 0 Å². The maximum Gasteiger partial charge on any atom is 0.408 e. The van der Waals surface area contributed by atoms with Crippen molar-refractivity contribution in [3.63, 3.8) is 0 Å². The summed E-state index contributed by atoms with van der Waals surface area (Å²) in [6, 6.07) is 22.3. The van der Waals surface area contributed by atoms with Gasteiger partial charge in [0.2, 0.25) is 5.56 Å². The molecule has 52 heavy (non-hydrogen) atoms. The van der Waals surface area contributed by atoms with E-state index >= 15 is 0 Å². The summed E-state index contributed by atoms with van der Waals surface area (Å²) >= 11 is 0. The first-order valence-corrected chi connectivity index (χ1v) is 18.1. The number of alkyl carbamates (subject to hydrolysis) is 1. The van der Waals surface area contributed by atoms with Crippen molar-refractivity contribution in [1.82, 2.24) is 20.5 Å². The molecule has 12 heteroatoms. The van der Waals surface area contributed by atoms with Crippen molar-refractivity contribution in [2.45, 2.75) is 75.8 Å². The number of phenolic OH excluding ortho intramolecular Hbond substituents is 1. The number of rotatable bonds is 16. The third-order valence-corrected chi connectivity index (χ3v) is 10.3. The second-order valence-corrected chi connectivity index (χ2v) is 14.0. The van der Waals surface area contributed by atoms with E-state index in [-0.39, 0.29) is 35.5 Å². The lowest BCUT2D eigenvalue weighted by molar-refractivity contribution is -0.145. The molecule has 4 aromatic rings. The summed E-state index contributed by atoms with van der Waals surface area (Å²) in [4.78, 5) is 42.1. The topological polar surface area (TPSA) is 173 Å². The number of nitrogens with zero attached hydrogens (tertiary/aromatic N) is 1. The number of hydrogen-bond donors (Lipinski definition) is 6. The van der Waals surface area contributed by atoms with E-state index in [1.165, 1.54) is 12.1 Å². The highest BCUT2D eigenvalue weighted by molar-refractivity contribution is 5.87. The number of ether oxygens (including phenoxy) is 2. The van der Waals surface area contributed by atoms with Gasteiger partial charge in [-0.1, -0.05) is 55.0 Å². The molecule has 0 radical (unpaired) electrons. The Kier molecular flexibility index (Phi) is 12.1. The number of piperidine rings is 3. The first-order valence-electron chi connectivity index (χ1n) is 18.1. The van der Waals surface area contributed by atoms with Gasteiger partial charge in [0.05, 0.1) is 17.7 Å². The van der Waals surface area contributed by atoms with Crippen LogP contribution in [-0.2, 0) is 9.53 Å². The number of aliphatic carboxylic acids is 1. The lowest BCUT2D eigenvalue weighted by Gasteiger charge is -2.43.